The summed E-state index contributed by atoms with van der Waals surface area (Å²) in [4.78, 5) is 25.9. The molecule has 1 aromatic heterocycles. The third kappa shape index (κ3) is 2.42. The van der Waals surface area contributed by atoms with E-state index >= 15 is 0 Å². The van der Waals surface area contributed by atoms with Crippen LogP contribution in [0, 0.1) is 0 Å². The van der Waals surface area contributed by atoms with Crippen molar-refractivity contribution in [2.45, 2.75) is 6.54 Å². The van der Waals surface area contributed by atoms with Crippen LogP contribution in [0.4, 0.5) is 0 Å². The second-order valence-electron chi connectivity index (χ2n) is 3.88. The number of carbonyl (C=O) groups is 2. The fourth-order valence-corrected chi connectivity index (χ4v) is 1.81. The van der Waals surface area contributed by atoms with Crippen LogP contribution in [-0.2, 0) is 16.1 Å². The molecule has 1 fully saturated rings. The second kappa shape index (κ2) is 4.83. The van der Waals surface area contributed by atoms with Gasteiger partial charge in [-0.3, -0.25) is 9.59 Å². The van der Waals surface area contributed by atoms with Gasteiger partial charge in [0.1, 0.15) is 6.54 Å². The molecule has 1 aliphatic heterocycles. The van der Waals surface area contributed by atoms with Crippen molar-refractivity contribution in [2.75, 3.05) is 26.2 Å². The van der Waals surface area contributed by atoms with E-state index in [1.165, 1.54) is 0 Å². The van der Waals surface area contributed by atoms with Gasteiger partial charge in [0.05, 0.1) is 0 Å². The van der Waals surface area contributed by atoms with E-state index in [0.717, 1.165) is 6.41 Å². The topological polar surface area (TPSA) is 45.6 Å². The third-order valence-electron chi connectivity index (χ3n) is 2.80. The maximum Gasteiger partial charge on any atom is 0.242 e. The highest BCUT2D eigenvalue weighted by molar-refractivity contribution is 5.76. The molecule has 0 aliphatic carbocycles. The van der Waals surface area contributed by atoms with Crippen molar-refractivity contribution in [1.82, 2.24) is 14.4 Å². The minimum atomic E-state index is 0.113. The molecule has 2 amide bonds. The summed E-state index contributed by atoms with van der Waals surface area (Å²) in [5.74, 6) is 0.113. The Labute approximate surface area is 94.2 Å². The van der Waals surface area contributed by atoms with Crippen LogP contribution in [0.15, 0.2) is 24.5 Å². The standard InChI is InChI=1S/C11H15N3O2/c15-10-13-5-7-14(8-6-13)11(16)9-12-3-1-2-4-12/h1-4,10H,5-9H2. The van der Waals surface area contributed by atoms with Gasteiger partial charge in [0, 0.05) is 38.6 Å². The van der Waals surface area contributed by atoms with E-state index in [9.17, 15) is 9.59 Å². The Bertz CT molecular complexity index is 353. The van der Waals surface area contributed by atoms with Gasteiger partial charge in [-0.1, -0.05) is 0 Å². The van der Waals surface area contributed by atoms with Crippen LogP contribution in [0.3, 0.4) is 0 Å². The summed E-state index contributed by atoms with van der Waals surface area (Å²) in [5, 5.41) is 0. The molecule has 2 heterocycles. The molecule has 0 spiro atoms. The summed E-state index contributed by atoms with van der Waals surface area (Å²) < 4.78 is 1.86. The highest BCUT2D eigenvalue weighted by Gasteiger charge is 2.19. The number of amides is 2. The third-order valence-corrected chi connectivity index (χ3v) is 2.80. The molecule has 5 nitrogen and oxygen atoms in total. The van der Waals surface area contributed by atoms with E-state index in [1.807, 2.05) is 29.1 Å². The van der Waals surface area contributed by atoms with Crippen LogP contribution in [0.25, 0.3) is 0 Å². The first-order valence-corrected chi connectivity index (χ1v) is 5.37. The van der Waals surface area contributed by atoms with Crippen LogP contribution >= 0.6 is 0 Å². The smallest absolute Gasteiger partial charge is 0.242 e. The molecular weight excluding hydrogens is 206 g/mol. The van der Waals surface area contributed by atoms with Crippen LogP contribution < -0.4 is 0 Å². The Balaban J connectivity index is 1.84. The van der Waals surface area contributed by atoms with Gasteiger partial charge in [-0.15, -0.1) is 0 Å². The van der Waals surface area contributed by atoms with E-state index in [2.05, 4.69) is 0 Å². The lowest BCUT2D eigenvalue weighted by molar-refractivity contribution is -0.135. The fourth-order valence-electron chi connectivity index (χ4n) is 1.81. The molecule has 0 aromatic carbocycles. The summed E-state index contributed by atoms with van der Waals surface area (Å²) in [6.07, 6.45) is 4.59. The van der Waals surface area contributed by atoms with Gasteiger partial charge in [0.25, 0.3) is 0 Å². The van der Waals surface area contributed by atoms with Gasteiger partial charge in [-0.25, -0.2) is 0 Å². The summed E-state index contributed by atoms with van der Waals surface area (Å²) >= 11 is 0. The minimum absolute atomic E-state index is 0.113. The van der Waals surface area contributed by atoms with Crippen molar-refractivity contribution in [3.63, 3.8) is 0 Å². The molecule has 5 heteroatoms. The van der Waals surface area contributed by atoms with E-state index in [1.54, 1.807) is 9.80 Å². The van der Waals surface area contributed by atoms with Gasteiger partial charge in [-0.2, -0.15) is 0 Å². The van der Waals surface area contributed by atoms with Crippen molar-refractivity contribution in [3.05, 3.63) is 24.5 Å². The van der Waals surface area contributed by atoms with Gasteiger partial charge in [0.15, 0.2) is 0 Å². The number of hydrogen-bond donors (Lipinski definition) is 0. The maximum absolute atomic E-state index is 11.9. The molecule has 1 aliphatic rings. The number of nitrogens with zero attached hydrogens (tertiary/aromatic N) is 3. The summed E-state index contributed by atoms with van der Waals surface area (Å²) in [7, 11) is 0. The number of rotatable bonds is 3. The first-order chi connectivity index (χ1) is 7.79. The molecule has 86 valence electrons. The molecule has 1 aromatic rings. The Hall–Kier alpha value is -1.78. The number of aromatic nitrogens is 1. The van der Waals surface area contributed by atoms with E-state index in [0.29, 0.717) is 32.7 Å². The van der Waals surface area contributed by atoms with Crippen molar-refractivity contribution < 1.29 is 9.59 Å². The summed E-state index contributed by atoms with van der Waals surface area (Å²) in [5.41, 5.74) is 0. The molecule has 0 radical (unpaired) electrons. The first-order valence-electron chi connectivity index (χ1n) is 5.37. The van der Waals surface area contributed by atoms with Crippen molar-refractivity contribution in [3.8, 4) is 0 Å². The SMILES string of the molecule is O=CN1CCN(C(=O)Cn2cccc2)CC1. The van der Waals surface area contributed by atoms with Gasteiger partial charge in [-0.05, 0) is 12.1 Å². The van der Waals surface area contributed by atoms with Crippen molar-refractivity contribution in [1.29, 1.82) is 0 Å². The lowest BCUT2D eigenvalue weighted by atomic mass is 10.3. The number of hydrogen-bond acceptors (Lipinski definition) is 2. The van der Waals surface area contributed by atoms with Gasteiger partial charge >= 0.3 is 0 Å². The molecule has 16 heavy (non-hydrogen) atoms. The van der Waals surface area contributed by atoms with Crippen LogP contribution in [0.2, 0.25) is 0 Å². The number of piperazine rings is 1. The summed E-state index contributed by atoms with van der Waals surface area (Å²) in [6, 6.07) is 3.80. The van der Waals surface area contributed by atoms with E-state index in [4.69, 9.17) is 0 Å². The van der Waals surface area contributed by atoms with Gasteiger partial charge < -0.3 is 14.4 Å². The molecule has 0 N–H and O–H groups in total. The van der Waals surface area contributed by atoms with E-state index < -0.39 is 0 Å². The highest BCUT2D eigenvalue weighted by atomic mass is 16.2. The fraction of sp³-hybridized carbons (Fsp3) is 0.455. The molecule has 2 rings (SSSR count). The zero-order chi connectivity index (χ0) is 11.4. The Morgan fingerprint density at radius 2 is 1.75 bits per heavy atom. The molecule has 0 bridgehead atoms. The van der Waals surface area contributed by atoms with Gasteiger partial charge in [0.2, 0.25) is 12.3 Å². The lowest BCUT2D eigenvalue weighted by Gasteiger charge is -2.32. The quantitative estimate of drug-likeness (QED) is 0.663. The normalized spacial score (nSPS) is 16.2. The predicted molar refractivity (Wildman–Crippen MR) is 58.6 cm³/mol. The summed E-state index contributed by atoms with van der Waals surface area (Å²) in [6.45, 7) is 2.94. The zero-order valence-corrected chi connectivity index (χ0v) is 9.08. The monoisotopic (exact) mass is 221 g/mol. The van der Waals surface area contributed by atoms with Crippen molar-refractivity contribution in [2.24, 2.45) is 0 Å². The second-order valence-corrected chi connectivity index (χ2v) is 3.88. The molecule has 0 unspecified atom stereocenters. The Morgan fingerprint density at radius 1 is 1.12 bits per heavy atom. The highest BCUT2D eigenvalue weighted by Crippen LogP contribution is 2.02. The number of carbonyl (C=O) groups excluding carboxylic acids is 2. The predicted octanol–water partition coefficient (Wildman–Crippen LogP) is -0.211. The molecular formula is C11H15N3O2. The molecule has 0 saturated carbocycles. The lowest BCUT2D eigenvalue weighted by Crippen LogP contribution is -2.48. The molecule has 0 atom stereocenters. The van der Waals surface area contributed by atoms with Crippen LogP contribution in [0.1, 0.15) is 0 Å². The van der Waals surface area contributed by atoms with E-state index in [-0.39, 0.29) is 5.91 Å². The Kier molecular flexibility index (Phi) is 3.24. The van der Waals surface area contributed by atoms with Crippen LogP contribution in [-0.4, -0.2) is 52.9 Å². The van der Waals surface area contributed by atoms with Crippen LogP contribution in [0.5, 0.6) is 0 Å². The first kappa shape index (κ1) is 10.7. The Morgan fingerprint density at radius 3 is 2.31 bits per heavy atom. The van der Waals surface area contributed by atoms with Crippen molar-refractivity contribution >= 4 is 12.3 Å². The molecule has 1 saturated heterocycles. The average molecular weight is 221 g/mol. The zero-order valence-electron chi connectivity index (χ0n) is 9.08. The largest absolute Gasteiger partial charge is 0.345 e. The average Bonchev–Trinajstić information content (AvgIpc) is 2.82. The minimum Gasteiger partial charge on any atom is -0.345 e. The maximum atomic E-state index is 11.9.